The third kappa shape index (κ3) is 6.58. The molecule has 1 saturated heterocycles. The van der Waals surface area contributed by atoms with Gasteiger partial charge in [-0.1, -0.05) is 11.6 Å². The predicted molar refractivity (Wildman–Crippen MR) is 130 cm³/mol. The molecule has 37 heavy (non-hydrogen) atoms. The van der Waals surface area contributed by atoms with E-state index in [0.717, 1.165) is 10.8 Å². The van der Waals surface area contributed by atoms with Crippen molar-refractivity contribution in [2.45, 2.75) is 24.7 Å². The number of methoxy groups -OCH3 is 2. The molecule has 1 aliphatic heterocycles. The van der Waals surface area contributed by atoms with Crippen molar-refractivity contribution in [1.82, 2.24) is 9.55 Å². The Bertz CT molecular complexity index is 1270. The molecule has 14 heteroatoms. The maximum Gasteiger partial charge on any atom is 0.463 e. The molecule has 4 rings (SSSR count). The van der Waals surface area contributed by atoms with Crippen molar-refractivity contribution in [3.63, 3.8) is 0 Å². The van der Waals surface area contributed by atoms with E-state index >= 15 is 0 Å². The van der Waals surface area contributed by atoms with Crippen LogP contribution in [0.5, 0.6) is 23.0 Å². The highest BCUT2D eigenvalue weighted by atomic mass is 35.5. The quantitative estimate of drug-likeness (QED) is 0.361. The second-order valence-electron chi connectivity index (χ2n) is 7.74. The summed E-state index contributed by atoms with van der Waals surface area (Å²) in [5, 5.41) is -0.337. The number of hydrogen-bond donors (Lipinski definition) is 1. The predicted octanol–water partition coefficient (Wildman–Crippen LogP) is 4.53. The Hall–Kier alpha value is -3.18. The van der Waals surface area contributed by atoms with Gasteiger partial charge in [0.2, 0.25) is 0 Å². The van der Waals surface area contributed by atoms with E-state index < -0.39 is 51.1 Å². The third-order valence-electron chi connectivity index (χ3n) is 5.28. The molecule has 2 atom stereocenters. The van der Waals surface area contributed by atoms with E-state index in [9.17, 15) is 18.4 Å². The van der Waals surface area contributed by atoms with Gasteiger partial charge in [-0.2, -0.15) is 0 Å². The van der Waals surface area contributed by atoms with Crippen molar-refractivity contribution < 1.29 is 36.6 Å². The number of alkyl halides is 2. The van der Waals surface area contributed by atoms with Crippen molar-refractivity contribution in [3.8, 4) is 23.0 Å². The molecule has 0 aliphatic carbocycles. The Labute approximate surface area is 215 Å². The highest BCUT2D eigenvalue weighted by Gasteiger charge is 2.51. The lowest BCUT2D eigenvalue weighted by Crippen LogP contribution is -2.33. The van der Waals surface area contributed by atoms with Crippen LogP contribution < -0.4 is 29.8 Å². The Morgan fingerprint density at radius 3 is 2.03 bits per heavy atom. The number of rotatable bonds is 10. The van der Waals surface area contributed by atoms with E-state index in [-0.39, 0.29) is 5.02 Å². The maximum absolute atomic E-state index is 14.8. The molecule has 10 nitrogen and oxygen atoms in total. The van der Waals surface area contributed by atoms with Gasteiger partial charge in [0.25, 0.3) is 11.5 Å². The van der Waals surface area contributed by atoms with E-state index in [1.54, 1.807) is 48.5 Å². The second kappa shape index (κ2) is 11.5. The molecule has 0 amide bonds. The van der Waals surface area contributed by atoms with Gasteiger partial charge in [-0.25, -0.2) is 13.6 Å². The van der Waals surface area contributed by atoms with Crippen LogP contribution in [0.2, 0.25) is 5.02 Å². The average molecular weight is 559 g/mol. The molecule has 0 bridgehead atoms. The lowest BCUT2D eigenvalue weighted by atomic mass is 10.2. The first-order valence-electron chi connectivity index (χ1n) is 10.8. The van der Waals surface area contributed by atoms with Crippen LogP contribution in [0.15, 0.2) is 64.3 Å². The van der Waals surface area contributed by atoms with Gasteiger partial charge in [-0.3, -0.25) is 18.9 Å². The van der Waals surface area contributed by atoms with Crippen LogP contribution in [-0.4, -0.2) is 42.4 Å². The molecule has 1 aliphatic rings. The summed E-state index contributed by atoms with van der Waals surface area (Å²) in [6.45, 7) is -0.618. The monoisotopic (exact) mass is 558 g/mol. The number of benzene rings is 2. The molecule has 1 N–H and O–H groups in total. The fourth-order valence-corrected chi connectivity index (χ4v) is 4.49. The molecule has 0 spiro atoms. The Kier molecular flexibility index (Phi) is 8.33. The number of aromatic amines is 1. The van der Waals surface area contributed by atoms with Crippen LogP contribution in [-0.2, 0) is 9.26 Å². The fourth-order valence-electron chi connectivity index (χ4n) is 3.35. The first kappa shape index (κ1) is 26.9. The van der Waals surface area contributed by atoms with E-state index in [4.69, 9.17) is 39.4 Å². The molecular weight excluding hydrogens is 537 g/mol. The molecule has 2 unspecified atom stereocenters. The summed E-state index contributed by atoms with van der Waals surface area (Å²) in [5.41, 5.74) is -1.76. The van der Waals surface area contributed by atoms with E-state index in [2.05, 4.69) is 0 Å². The number of ether oxygens (including phenoxy) is 3. The molecule has 0 radical (unpaired) electrons. The van der Waals surface area contributed by atoms with Crippen LogP contribution >= 0.6 is 20.2 Å². The largest absolute Gasteiger partial charge is 0.497 e. The van der Waals surface area contributed by atoms with Gasteiger partial charge in [-0.05, 0) is 48.5 Å². The SMILES string of the molecule is COc1ccc(OP(OCC2OC(n3cc(Cl)c(=O)[nH]c3=O)CC2(F)F)Oc2ccc(OC)cc2)cc1. The zero-order valence-corrected chi connectivity index (χ0v) is 21.2. The van der Waals surface area contributed by atoms with Crippen LogP contribution in [0.1, 0.15) is 12.6 Å². The van der Waals surface area contributed by atoms with Gasteiger partial charge in [0.15, 0.2) is 0 Å². The third-order valence-corrected chi connectivity index (χ3v) is 6.63. The van der Waals surface area contributed by atoms with Crippen LogP contribution in [0.25, 0.3) is 0 Å². The van der Waals surface area contributed by atoms with Gasteiger partial charge < -0.3 is 23.3 Å². The molecule has 2 heterocycles. The summed E-state index contributed by atoms with van der Waals surface area (Å²) in [6.07, 6.45) is -2.99. The van der Waals surface area contributed by atoms with E-state index in [1.165, 1.54) is 14.2 Å². The summed E-state index contributed by atoms with van der Waals surface area (Å²) in [4.78, 5) is 25.6. The Morgan fingerprint density at radius 2 is 1.51 bits per heavy atom. The second-order valence-corrected chi connectivity index (χ2v) is 9.22. The number of H-pyrrole nitrogens is 1. The normalized spacial score (nSPS) is 18.5. The minimum atomic E-state index is -3.37. The molecule has 1 fully saturated rings. The van der Waals surface area contributed by atoms with Crippen LogP contribution in [0.4, 0.5) is 8.78 Å². The summed E-state index contributed by atoms with van der Waals surface area (Å²) in [5.74, 6) is -1.47. The van der Waals surface area contributed by atoms with Gasteiger partial charge >= 0.3 is 14.3 Å². The van der Waals surface area contributed by atoms with Gasteiger partial charge in [0, 0.05) is 6.20 Å². The Balaban J connectivity index is 1.49. The highest BCUT2D eigenvalue weighted by Crippen LogP contribution is 2.46. The van der Waals surface area contributed by atoms with Crippen molar-refractivity contribution in [2.75, 3.05) is 20.8 Å². The van der Waals surface area contributed by atoms with Crippen LogP contribution in [0.3, 0.4) is 0 Å². The van der Waals surface area contributed by atoms with Gasteiger partial charge in [0.05, 0.1) is 27.2 Å². The van der Waals surface area contributed by atoms with Crippen molar-refractivity contribution in [1.29, 1.82) is 0 Å². The number of nitrogens with zero attached hydrogens (tertiary/aromatic N) is 1. The number of nitrogens with one attached hydrogen (secondary N) is 1. The fraction of sp³-hybridized carbons (Fsp3) is 0.304. The van der Waals surface area contributed by atoms with Gasteiger partial charge in [0.1, 0.15) is 40.4 Å². The lowest BCUT2D eigenvalue weighted by molar-refractivity contribution is -0.0984. The zero-order chi connectivity index (χ0) is 26.6. The topological polar surface area (TPSA) is 110 Å². The summed E-state index contributed by atoms with van der Waals surface area (Å²) in [6, 6.07) is 13.1. The summed E-state index contributed by atoms with van der Waals surface area (Å²) >= 11 is 5.75. The molecule has 198 valence electrons. The molecular formula is C23H22ClF2N2O8P. The van der Waals surface area contributed by atoms with E-state index in [1.807, 2.05) is 4.98 Å². The summed E-state index contributed by atoms with van der Waals surface area (Å²) in [7, 11) is 0.818. The molecule has 1 aromatic heterocycles. The molecule has 0 saturated carbocycles. The minimum absolute atomic E-state index is 0.337. The standard InChI is InChI=1S/C23H22ClF2N2O8P/c1-31-14-3-7-16(8-4-14)35-37(36-17-9-5-15(32-2)6-10-17)33-13-19-23(25,26)11-20(34-19)28-12-18(24)21(29)27-22(28)30/h3-10,12,19-20H,11,13H2,1-2H3,(H,27,29,30). The van der Waals surface area contributed by atoms with Crippen molar-refractivity contribution >= 4 is 20.2 Å². The maximum atomic E-state index is 14.8. The first-order chi connectivity index (χ1) is 17.7. The highest BCUT2D eigenvalue weighted by molar-refractivity contribution is 7.42. The number of halogens is 3. The average Bonchev–Trinajstić information content (AvgIpc) is 3.19. The summed E-state index contributed by atoms with van der Waals surface area (Å²) < 4.78 is 63.3. The first-order valence-corrected chi connectivity index (χ1v) is 12.3. The zero-order valence-electron chi connectivity index (χ0n) is 19.6. The van der Waals surface area contributed by atoms with Crippen LogP contribution in [0, 0.1) is 0 Å². The van der Waals surface area contributed by atoms with Crippen molar-refractivity contribution in [2.24, 2.45) is 0 Å². The Morgan fingerprint density at radius 1 is 1.00 bits per heavy atom. The number of aromatic nitrogens is 2. The smallest absolute Gasteiger partial charge is 0.463 e. The minimum Gasteiger partial charge on any atom is -0.497 e. The van der Waals surface area contributed by atoms with E-state index in [0.29, 0.717) is 23.0 Å². The molecule has 3 aromatic rings. The van der Waals surface area contributed by atoms with Crippen molar-refractivity contribution in [3.05, 3.63) is 80.6 Å². The molecule has 2 aromatic carbocycles. The van der Waals surface area contributed by atoms with Gasteiger partial charge in [-0.15, -0.1) is 0 Å². The lowest BCUT2D eigenvalue weighted by Gasteiger charge is -2.22. The number of hydrogen-bond acceptors (Lipinski definition) is 8.